The van der Waals surface area contributed by atoms with Crippen molar-refractivity contribution in [1.29, 1.82) is 0 Å². The van der Waals surface area contributed by atoms with Crippen molar-refractivity contribution in [2.45, 2.75) is 46.0 Å². The number of carbonyl (C=O) groups is 1. The van der Waals surface area contributed by atoms with Crippen molar-refractivity contribution in [2.24, 2.45) is 11.3 Å². The number of nitrogens with zero attached hydrogens (tertiary/aromatic N) is 1. The molecule has 0 unspecified atom stereocenters. The molecule has 0 spiro atoms. The molecule has 2 rings (SSSR count). The molecule has 0 aromatic rings. The predicted molar refractivity (Wildman–Crippen MR) is 89.9 cm³/mol. The summed E-state index contributed by atoms with van der Waals surface area (Å²) >= 11 is 0. The highest BCUT2D eigenvalue weighted by molar-refractivity contribution is 5.85. The van der Waals surface area contributed by atoms with Gasteiger partial charge in [0.05, 0.1) is 0 Å². The second-order valence-corrected chi connectivity index (χ2v) is 6.93. The SMILES string of the molecule is CC(C)CC1(C(=O)NCCCN2CCNCC2)CCC1.Cl. The third kappa shape index (κ3) is 5.42. The minimum absolute atomic E-state index is 0. The smallest absolute Gasteiger partial charge is 0.226 e. The first-order valence-corrected chi connectivity index (χ1v) is 8.34. The van der Waals surface area contributed by atoms with E-state index in [1.165, 1.54) is 6.42 Å². The van der Waals surface area contributed by atoms with E-state index < -0.39 is 0 Å². The average Bonchev–Trinajstić information content (AvgIpc) is 2.39. The Morgan fingerprint density at radius 3 is 2.48 bits per heavy atom. The molecule has 0 aromatic heterocycles. The molecule has 4 nitrogen and oxygen atoms in total. The topological polar surface area (TPSA) is 44.4 Å². The van der Waals surface area contributed by atoms with Crippen LogP contribution < -0.4 is 10.6 Å². The quantitative estimate of drug-likeness (QED) is 0.706. The molecule has 1 aliphatic carbocycles. The Labute approximate surface area is 135 Å². The van der Waals surface area contributed by atoms with E-state index >= 15 is 0 Å². The van der Waals surface area contributed by atoms with Crippen LogP contribution in [0.2, 0.25) is 0 Å². The fourth-order valence-corrected chi connectivity index (χ4v) is 3.54. The highest BCUT2D eigenvalue weighted by Crippen LogP contribution is 2.46. The first-order valence-electron chi connectivity index (χ1n) is 8.34. The highest BCUT2D eigenvalue weighted by Gasteiger charge is 2.43. The van der Waals surface area contributed by atoms with Crippen LogP contribution in [-0.4, -0.2) is 50.1 Å². The Hall–Kier alpha value is -0.320. The number of hydrogen-bond donors (Lipinski definition) is 2. The Balaban J connectivity index is 0.00000220. The molecule has 0 aromatic carbocycles. The Bertz CT molecular complexity index is 313. The second-order valence-electron chi connectivity index (χ2n) is 6.93. The summed E-state index contributed by atoms with van der Waals surface area (Å²) in [5.41, 5.74) is -0.0246. The van der Waals surface area contributed by atoms with Crippen molar-refractivity contribution < 1.29 is 4.79 Å². The first-order chi connectivity index (χ1) is 9.62. The maximum Gasteiger partial charge on any atom is 0.226 e. The average molecular weight is 318 g/mol. The van der Waals surface area contributed by atoms with Gasteiger partial charge in [0.25, 0.3) is 0 Å². The van der Waals surface area contributed by atoms with Crippen LogP contribution in [0.3, 0.4) is 0 Å². The molecule has 1 amide bonds. The fourth-order valence-electron chi connectivity index (χ4n) is 3.54. The van der Waals surface area contributed by atoms with Gasteiger partial charge in [0, 0.05) is 38.1 Å². The van der Waals surface area contributed by atoms with E-state index in [0.717, 1.165) is 65.0 Å². The van der Waals surface area contributed by atoms with Gasteiger partial charge in [-0.15, -0.1) is 12.4 Å². The summed E-state index contributed by atoms with van der Waals surface area (Å²) in [6, 6.07) is 0. The van der Waals surface area contributed by atoms with Crippen LogP contribution in [0.4, 0.5) is 0 Å². The first kappa shape index (κ1) is 18.7. The van der Waals surface area contributed by atoms with E-state index in [1.54, 1.807) is 0 Å². The number of nitrogens with one attached hydrogen (secondary N) is 2. The molecule has 2 N–H and O–H groups in total. The number of hydrogen-bond acceptors (Lipinski definition) is 3. The largest absolute Gasteiger partial charge is 0.356 e. The van der Waals surface area contributed by atoms with Crippen molar-refractivity contribution in [3.8, 4) is 0 Å². The van der Waals surface area contributed by atoms with Crippen LogP contribution in [0, 0.1) is 11.3 Å². The van der Waals surface area contributed by atoms with Gasteiger partial charge in [0.15, 0.2) is 0 Å². The molecule has 1 saturated carbocycles. The lowest BCUT2D eigenvalue weighted by atomic mass is 9.64. The van der Waals surface area contributed by atoms with Crippen LogP contribution in [0.25, 0.3) is 0 Å². The second kappa shape index (κ2) is 8.96. The van der Waals surface area contributed by atoms with E-state index in [0.29, 0.717) is 11.8 Å². The fraction of sp³-hybridized carbons (Fsp3) is 0.938. The van der Waals surface area contributed by atoms with Gasteiger partial charge in [0.1, 0.15) is 0 Å². The number of piperazine rings is 1. The molecule has 21 heavy (non-hydrogen) atoms. The molecule has 0 bridgehead atoms. The van der Waals surface area contributed by atoms with Crippen molar-refractivity contribution in [1.82, 2.24) is 15.5 Å². The number of rotatable bonds is 7. The molecule has 1 aliphatic heterocycles. The predicted octanol–water partition coefficient (Wildman–Crippen LogP) is 2.04. The standard InChI is InChI=1S/C16H31N3O.ClH/c1-14(2)13-16(5-3-6-16)15(20)18-7-4-10-19-11-8-17-9-12-19;/h14,17H,3-13H2,1-2H3,(H,18,20);1H. The number of carbonyl (C=O) groups excluding carboxylic acids is 1. The van der Waals surface area contributed by atoms with Crippen molar-refractivity contribution in [2.75, 3.05) is 39.3 Å². The number of amides is 1. The van der Waals surface area contributed by atoms with Crippen molar-refractivity contribution in [3.63, 3.8) is 0 Å². The third-order valence-corrected chi connectivity index (χ3v) is 4.74. The minimum Gasteiger partial charge on any atom is -0.356 e. The summed E-state index contributed by atoms with van der Waals surface area (Å²) in [4.78, 5) is 14.9. The Morgan fingerprint density at radius 2 is 1.95 bits per heavy atom. The van der Waals surface area contributed by atoms with Gasteiger partial charge < -0.3 is 15.5 Å². The summed E-state index contributed by atoms with van der Waals surface area (Å²) < 4.78 is 0. The summed E-state index contributed by atoms with van der Waals surface area (Å²) in [6.07, 6.45) is 5.53. The molecule has 0 atom stereocenters. The summed E-state index contributed by atoms with van der Waals surface area (Å²) in [5, 5.41) is 6.55. The lowest BCUT2D eigenvalue weighted by molar-refractivity contribution is -0.137. The van der Waals surface area contributed by atoms with Crippen LogP contribution in [-0.2, 0) is 4.79 Å². The van der Waals surface area contributed by atoms with E-state index in [9.17, 15) is 4.79 Å². The molecule has 2 fully saturated rings. The zero-order chi connectivity index (χ0) is 14.4. The van der Waals surface area contributed by atoms with Crippen molar-refractivity contribution in [3.05, 3.63) is 0 Å². The maximum atomic E-state index is 12.4. The zero-order valence-corrected chi connectivity index (χ0v) is 14.4. The van der Waals surface area contributed by atoms with Gasteiger partial charge in [-0.3, -0.25) is 4.79 Å². The summed E-state index contributed by atoms with van der Waals surface area (Å²) in [5.74, 6) is 0.930. The van der Waals surface area contributed by atoms with Crippen LogP contribution in [0.1, 0.15) is 46.0 Å². The highest BCUT2D eigenvalue weighted by atomic mass is 35.5. The Morgan fingerprint density at radius 1 is 1.29 bits per heavy atom. The molecule has 124 valence electrons. The van der Waals surface area contributed by atoms with E-state index in [4.69, 9.17) is 0 Å². The molecular formula is C16H32ClN3O. The summed E-state index contributed by atoms with van der Waals surface area (Å²) in [6.45, 7) is 10.9. The van der Waals surface area contributed by atoms with Crippen LogP contribution in [0.5, 0.6) is 0 Å². The summed E-state index contributed by atoms with van der Waals surface area (Å²) in [7, 11) is 0. The van der Waals surface area contributed by atoms with Gasteiger partial charge in [-0.05, 0) is 38.1 Å². The molecule has 0 radical (unpaired) electrons. The van der Waals surface area contributed by atoms with Gasteiger partial charge in [-0.2, -0.15) is 0 Å². The van der Waals surface area contributed by atoms with E-state index in [2.05, 4.69) is 29.4 Å². The molecule has 2 aliphatic rings. The van der Waals surface area contributed by atoms with Gasteiger partial charge >= 0.3 is 0 Å². The van der Waals surface area contributed by atoms with E-state index in [-0.39, 0.29) is 17.8 Å². The van der Waals surface area contributed by atoms with Crippen LogP contribution in [0.15, 0.2) is 0 Å². The Kier molecular flexibility index (Phi) is 7.99. The van der Waals surface area contributed by atoms with Crippen molar-refractivity contribution >= 4 is 18.3 Å². The molecule has 5 heteroatoms. The molecule has 1 heterocycles. The minimum atomic E-state index is -0.0246. The van der Waals surface area contributed by atoms with Gasteiger partial charge in [0.2, 0.25) is 5.91 Å². The van der Waals surface area contributed by atoms with Crippen LogP contribution >= 0.6 is 12.4 Å². The molecular weight excluding hydrogens is 286 g/mol. The lowest BCUT2D eigenvalue weighted by Gasteiger charge is -2.41. The van der Waals surface area contributed by atoms with Gasteiger partial charge in [-0.25, -0.2) is 0 Å². The normalized spacial score (nSPS) is 21.5. The monoisotopic (exact) mass is 317 g/mol. The lowest BCUT2D eigenvalue weighted by Crippen LogP contribution is -2.47. The van der Waals surface area contributed by atoms with Gasteiger partial charge in [-0.1, -0.05) is 20.3 Å². The third-order valence-electron chi connectivity index (χ3n) is 4.74. The molecule has 1 saturated heterocycles. The maximum absolute atomic E-state index is 12.4. The number of halogens is 1. The van der Waals surface area contributed by atoms with E-state index in [1.807, 2.05) is 0 Å². The zero-order valence-electron chi connectivity index (χ0n) is 13.6.